The molecule has 0 saturated carbocycles. The van der Waals surface area contributed by atoms with Gasteiger partial charge in [0.25, 0.3) is 11.8 Å². The summed E-state index contributed by atoms with van der Waals surface area (Å²) in [7, 11) is 1.60. The Morgan fingerprint density at radius 1 is 1.04 bits per heavy atom. The number of halogens is 2. The maximum atomic E-state index is 13.3. The van der Waals surface area contributed by atoms with Gasteiger partial charge in [0.2, 0.25) is 5.91 Å². The van der Waals surface area contributed by atoms with Crippen LogP contribution in [-0.4, -0.2) is 42.8 Å². The molecule has 2 aromatic rings. The van der Waals surface area contributed by atoms with Crippen LogP contribution in [0.4, 0.5) is 8.78 Å². The maximum absolute atomic E-state index is 13.3. The molecule has 1 saturated heterocycles. The first kappa shape index (κ1) is 19.0. The predicted molar refractivity (Wildman–Crippen MR) is 99.7 cm³/mol. The van der Waals surface area contributed by atoms with Crippen molar-refractivity contribution in [1.82, 2.24) is 10.2 Å². The third-order valence-corrected chi connectivity index (χ3v) is 4.82. The Morgan fingerprint density at radius 3 is 2.33 bits per heavy atom. The van der Waals surface area contributed by atoms with Gasteiger partial charge in [-0.3, -0.25) is 9.59 Å². The highest BCUT2D eigenvalue weighted by atomic mass is 19.3. The summed E-state index contributed by atoms with van der Waals surface area (Å²) >= 11 is 0. The van der Waals surface area contributed by atoms with Gasteiger partial charge < -0.3 is 10.2 Å². The van der Waals surface area contributed by atoms with E-state index in [-0.39, 0.29) is 37.7 Å². The van der Waals surface area contributed by atoms with Crippen LogP contribution < -0.4 is 5.32 Å². The number of alkyl halides is 2. The van der Waals surface area contributed by atoms with Crippen LogP contribution in [0.2, 0.25) is 0 Å². The molecule has 2 aromatic carbocycles. The molecule has 0 bridgehead atoms. The van der Waals surface area contributed by atoms with E-state index in [1.165, 1.54) is 4.90 Å². The van der Waals surface area contributed by atoms with Crippen LogP contribution in [0.3, 0.4) is 0 Å². The van der Waals surface area contributed by atoms with E-state index < -0.39 is 5.92 Å². The molecule has 0 unspecified atom stereocenters. The van der Waals surface area contributed by atoms with Gasteiger partial charge in [0.05, 0.1) is 6.42 Å². The minimum absolute atomic E-state index is 0.0533. The van der Waals surface area contributed by atoms with E-state index in [2.05, 4.69) is 5.32 Å². The molecular formula is C21H22F2N2O2. The van der Waals surface area contributed by atoms with Crippen LogP contribution in [0.5, 0.6) is 0 Å². The second-order valence-electron chi connectivity index (χ2n) is 6.78. The fourth-order valence-corrected chi connectivity index (χ4v) is 3.14. The molecule has 0 aromatic heterocycles. The summed E-state index contributed by atoms with van der Waals surface area (Å²) in [6.07, 6.45) is -0.259. The standard InChI is InChI=1S/C21H22F2N2O2/c1-24-19(26)13-15-5-7-16(8-6-15)17-3-2-4-18(14-17)20(27)25-11-9-21(22,23)10-12-25/h2-8,14H,9-13H2,1H3,(H,24,26). The van der Waals surface area contributed by atoms with E-state index in [1.807, 2.05) is 30.3 Å². The first-order valence-electron chi connectivity index (χ1n) is 8.95. The molecule has 1 heterocycles. The molecule has 1 N–H and O–H groups in total. The maximum Gasteiger partial charge on any atom is 0.253 e. The number of benzene rings is 2. The van der Waals surface area contributed by atoms with Gasteiger partial charge in [0, 0.05) is 38.5 Å². The number of likely N-dealkylation sites (N-methyl/N-ethyl adjacent to an activating group) is 1. The molecule has 3 rings (SSSR count). The van der Waals surface area contributed by atoms with Crippen molar-refractivity contribution in [2.24, 2.45) is 0 Å². The topological polar surface area (TPSA) is 49.4 Å². The minimum atomic E-state index is -2.67. The van der Waals surface area contributed by atoms with E-state index in [4.69, 9.17) is 0 Å². The van der Waals surface area contributed by atoms with Gasteiger partial charge in [0.15, 0.2) is 0 Å². The Labute approximate surface area is 157 Å². The fourth-order valence-electron chi connectivity index (χ4n) is 3.14. The van der Waals surface area contributed by atoms with Crippen LogP contribution >= 0.6 is 0 Å². The number of carbonyl (C=O) groups excluding carboxylic acids is 2. The van der Waals surface area contributed by atoms with Crippen molar-refractivity contribution in [2.75, 3.05) is 20.1 Å². The molecular weight excluding hydrogens is 350 g/mol. The number of carbonyl (C=O) groups is 2. The zero-order valence-corrected chi connectivity index (χ0v) is 15.2. The van der Waals surface area contributed by atoms with E-state index in [0.717, 1.165) is 16.7 Å². The quantitative estimate of drug-likeness (QED) is 0.893. The summed E-state index contributed by atoms with van der Waals surface area (Å²) in [6, 6.07) is 14.8. The lowest BCUT2D eigenvalue weighted by Crippen LogP contribution is -2.42. The summed E-state index contributed by atoms with van der Waals surface area (Å²) in [6.45, 7) is 0.147. The molecule has 1 fully saturated rings. The van der Waals surface area contributed by atoms with Crippen LogP contribution in [0.25, 0.3) is 11.1 Å². The number of hydrogen-bond acceptors (Lipinski definition) is 2. The first-order valence-corrected chi connectivity index (χ1v) is 8.95. The molecule has 4 nitrogen and oxygen atoms in total. The lowest BCUT2D eigenvalue weighted by molar-refractivity contribution is -0.119. The van der Waals surface area contributed by atoms with Gasteiger partial charge in [-0.1, -0.05) is 36.4 Å². The lowest BCUT2D eigenvalue weighted by Gasteiger charge is -2.31. The van der Waals surface area contributed by atoms with E-state index in [9.17, 15) is 18.4 Å². The Kier molecular flexibility index (Phi) is 5.54. The van der Waals surface area contributed by atoms with Crippen molar-refractivity contribution in [2.45, 2.75) is 25.2 Å². The van der Waals surface area contributed by atoms with E-state index in [1.54, 1.807) is 25.2 Å². The SMILES string of the molecule is CNC(=O)Cc1ccc(-c2cccc(C(=O)N3CCC(F)(F)CC3)c2)cc1. The second kappa shape index (κ2) is 7.86. The highest BCUT2D eigenvalue weighted by Crippen LogP contribution is 2.29. The van der Waals surface area contributed by atoms with Crippen LogP contribution in [0, 0.1) is 0 Å². The molecule has 1 aliphatic heterocycles. The van der Waals surface area contributed by atoms with Gasteiger partial charge in [-0.05, 0) is 28.8 Å². The highest BCUT2D eigenvalue weighted by molar-refractivity contribution is 5.95. The smallest absolute Gasteiger partial charge is 0.253 e. The molecule has 0 atom stereocenters. The molecule has 6 heteroatoms. The van der Waals surface area contributed by atoms with E-state index >= 15 is 0 Å². The largest absolute Gasteiger partial charge is 0.359 e. The van der Waals surface area contributed by atoms with Crippen molar-refractivity contribution in [1.29, 1.82) is 0 Å². The van der Waals surface area contributed by atoms with Gasteiger partial charge in [-0.15, -0.1) is 0 Å². The summed E-state index contributed by atoms with van der Waals surface area (Å²) in [5.74, 6) is -2.94. The average Bonchev–Trinajstić information content (AvgIpc) is 2.68. The number of amides is 2. The Morgan fingerprint density at radius 2 is 1.70 bits per heavy atom. The number of likely N-dealkylation sites (tertiary alicyclic amines) is 1. The lowest BCUT2D eigenvalue weighted by atomic mass is 9.99. The number of rotatable bonds is 4. The summed E-state index contributed by atoms with van der Waals surface area (Å²) in [4.78, 5) is 25.6. The van der Waals surface area contributed by atoms with E-state index in [0.29, 0.717) is 12.0 Å². The summed E-state index contributed by atoms with van der Waals surface area (Å²) in [5.41, 5.74) is 3.19. The molecule has 1 aliphatic rings. The predicted octanol–water partition coefficient (Wildman–Crippen LogP) is 3.51. The minimum Gasteiger partial charge on any atom is -0.359 e. The molecule has 0 spiro atoms. The average molecular weight is 372 g/mol. The first-order chi connectivity index (χ1) is 12.9. The Balaban J connectivity index is 1.73. The van der Waals surface area contributed by atoms with Crippen LogP contribution in [0.1, 0.15) is 28.8 Å². The third-order valence-electron chi connectivity index (χ3n) is 4.82. The zero-order chi connectivity index (χ0) is 19.4. The van der Waals surface area contributed by atoms with Crippen molar-refractivity contribution < 1.29 is 18.4 Å². The van der Waals surface area contributed by atoms with Gasteiger partial charge in [-0.2, -0.15) is 0 Å². The van der Waals surface area contributed by atoms with Gasteiger partial charge in [-0.25, -0.2) is 8.78 Å². The van der Waals surface area contributed by atoms with Crippen molar-refractivity contribution in [3.63, 3.8) is 0 Å². The van der Waals surface area contributed by atoms with Gasteiger partial charge >= 0.3 is 0 Å². The highest BCUT2D eigenvalue weighted by Gasteiger charge is 2.35. The van der Waals surface area contributed by atoms with Crippen molar-refractivity contribution in [3.05, 3.63) is 59.7 Å². The second-order valence-corrected chi connectivity index (χ2v) is 6.78. The van der Waals surface area contributed by atoms with Gasteiger partial charge in [0.1, 0.15) is 0 Å². The molecule has 142 valence electrons. The number of nitrogens with one attached hydrogen (secondary N) is 1. The summed E-state index contributed by atoms with van der Waals surface area (Å²) in [5, 5.41) is 2.59. The number of piperidine rings is 1. The Bertz CT molecular complexity index is 824. The Hall–Kier alpha value is -2.76. The molecule has 2 amide bonds. The number of nitrogens with zero attached hydrogens (tertiary/aromatic N) is 1. The molecule has 0 aliphatic carbocycles. The molecule has 0 radical (unpaired) electrons. The zero-order valence-electron chi connectivity index (χ0n) is 15.2. The fraction of sp³-hybridized carbons (Fsp3) is 0.333. The molecule has 27 heavy (non-hydrogen) atoms. The third kappa shape index (κ3) is 4.70. The van der Waals surface area contributed by atoms with Crippen LogP contribution in [0.15, 0.2) is 48.5 Å². The summed E-state index contributed by atoms with van der Waals surface area (Å²) < 4.78 is 26.6. The normalized spacial score (nSPS) is 16.0. The monoisotopic (exact) mass is 372 g/mol. The number of hydrogen-bond donors (Lipinski definition) is 1. The van der Waals surface area contributed by atoms with Crippen molar-refractivity contribution >= 4 is 11.8 Å². The van der Waals surface area contributed by atoms with Crippen molar-refractivity contribution in [3.8, 4) is 11.1 Å². The van der Waals surface area contributed by atoms with Crippen LogP contribution in [-0.2, 0) is 11.2 Å².